The fourth-order valence-corrected chi connectivity index (χ4v) is 1.90. The van der Waals surface area contributed by atoms with Gasteiger partial charge in [-0.1, -0.05) is 6.08 Å². The Balaban J connectivity index is 1.62. The minimum Gasteiger partial charge on any atom is -0.493 e. The van der Waals surface area contributed by atoms with Crippen molar-refractivity contribution in [2.45, 2.75) is 19.3 Å². The van der Waals surface area contributed by atoms with Crippen molar-refractivity contribution in [3.05, 3.63) is 30.4 Å². The van der Waals surface area contributed by atoms with Crippen LogP contribution in [0.4, 0.5) is 0 Å². The summed E-state index contributed by atoms with van der Waals surface area (Å²) in [5.41, 5.74) is 0. The van der Waals surface area contributed by atoms with Crippen LogP contribution in [0.25, 0.3) is 0 Å². The van der Waals surface area contributed by atoms with Gasteiger partial charge in [-0.15, -0.1) is 0 Å². The average Bonchev–Trinajstić information content (AvgIpc) is 2.72. The van der Waals surface area contributed by atoms with Crippen LogP contribution in [0.15, 0.2) is 24.0 Å². The first-order valence-electron chi connectivity index (χ1n) is 5.50. The van der Waals surface area contributed by atoms with Crippen LogP contribution in [0.1, 0.15) is 19.3 Å². The maximum Gasteiger partial charge on any atom is 0.115 e. The second kappa shape index (κ2) is 5.20. The van der Waals surface area contributed by atoms with Crippen molar-refractivity contribution in [1.82, 2.24) is 4.90 Å². The minimum absolute atomic E-state index is 0.830. The molecule has 1 fully saturated rings. The Morgan fingerprint density at radius 3 is 2.86 bits per heavy atom. The maximum absolute atomic E-state index is 5.66. The van der Waals surface area contributed by atoms with Crippen molar-refractivity contribution < 1.29 is 4.74 Å². The van der Waals surface area contributed by atoms with Crippen molar-refractivity contribution in [2.75, 3.05) is 26.2 Å². The van der Waals surface area contributed by atoms with Gasteiger partial charge in [0.2, 0.25) is 0 Å². The molecule has 0 spiro atoms. The topological polar surface area (TPSA) is 12.5 Å². The Kier molecular flexibility index (Phi) is 3.64. The highest BCUT2D eigenvalue weighted by atomic mass is 16.5. The van der Waals surface area contributed by atoms with Crippen LogP contribution >= 0.6 is 0 Å². The second-order valence-electron chi connectivity index (χ2n) is 3.83. The molecule has 2 nitrogen and oxygen atoms in total. The maximum atomic E-state index is 5.66. The molecular weight excluding hydrogens is 174 g/mol. The molecule has 2 heteroatoms. The summed E-state index contributed by atoms with van der Waals surface area (Å²) in [7, 11) is 0. The molecule has 1 saturated heterocycles. The van der Waals surface area contributed by atoms with Crippen molar-refractivity contribution in [3.8, 4) is 0 Å². The number of nitrogens with zero attached hydrogens (tertiary/aromatic N) is 1. The van der Waals surface area contributed by atoms with Crippen molar-refractivity contribution in [3.63, 3.8) is 0 Å². The Bertz CT molecular complexity index is 226. The van der Waals surface area contributed by atoms with Crippen molar-refractivity contribution in [1.29, 1.82) is 0 Å². The highest BCUT2D eigenvalue weighted by molar-refractivity contribution is 5.21. The summed E-state index contributed by atoms with van der Waals surface area (Å²) in [4.78, 5) is 2.47. The number of likely N-dealkylation sites (tertiary alicyclic amines) is 1. The largest absolute Gasteiger partial charge is 0.493 e. The van der Waals surface area contributed by atoms with Gasteiger partial charge in [-0.2, -0.15) is 0 Å². The van der Waals surface area contributed by atoms with E-state index in [1.54, 1.807) is 0 Å². The quantitative estimate of drug-likeness (QED) is 0.676. The van der Waals surface area contributed by atoms with Crippen LogP contribution in [-0.4, -0.2) is 31.1 Å². The summed E-state index contributed by atoms with van der Waals surface area (Å²) >= 11 is 0. The minimum atomic E-state index is 0.830. The molecule has 77 valence electrons. The first-order valence-corrected chi connectivity index (χ1v) is 5.50. The van der Waals surface area contributed by atoms with Gasteiger partial charge in [-0.05, 0) is 50.9 Å². The molecule has 0 amide bonds. The molecule has 0 aromatic rings. The summed E-state index contributed by atoms with van der Waals surface area (Å²) in [6.07, 6.45) is 12.1. The van der Waals surface area contributed by atoms with Crippen molar-refractivity contribution in [2.24, 2.45) is 0 Å². The summed E-state index contributed by atoms with van der Waals surface area (Å²) in [6, 6.07) is 0. The summed E-state index contributed by atoms with van der Waals surface area (Å²) in [5, 5.41) is 0. The Labute approximate surface area is 86.2 Å². The smallest absolute Gasteiger partial charge is 0.115 e. The molecule has 1 heterocycles. The zero-order chi connectivity index (χ0) is 9.64. The third-order valence-electron chi connectivity index (χ3n) is 2.73. The highest BCUT2D eigenvalue weighted by Crippen LogP contribution is 2.11. The number of rotatable bonds is 4. The molecule has 2 aliphatic rings. The summed E-state index contributed by atoms with van der Waals surface area (Å²) < 4.78 is 5.66. The van der Waals surface area contributed by atoms with Gasteiger partial charge >= 0.3 is 0 Å². The Morgan fingerprint density at radius 1 is 1.29 bits per heavy atom. The van der Waals surface area contributed by atoms with Gasteiger partial charge < -0.3 is 4.74 Å². The molecule has 0 unspecified atom stereocenters. The van der Waals surface area contributed by atoms with Gasteiger partial charge in [0.1, 0.15) is 12.4 Å². The van der Waals surface area contributed by atoms with E-state index in [9.17, 15) is 0 Å². The van der Waals surface area contributed by atoms with Crippen LogP contribution in [0.5, 0.6) is 0 Å². The number of hydrogen-bond donors (Lipinski definition) is 0. The molecule has 1 aliphatic heterocycles. The van der Waals surface area contributed by atoms with Crippen LogP contribution < -0.4 is 0 Å². The molecule has 14 heavy (non-hydrogen) atoms. The molecule has 0 saturated carbocycles. The lowest BCUT2D eigenvalue weighted by molar-refractivity contribution is 0.179. The summed E-state index contributed by atoms with van der Waals surface area (Å²) in [6.45, 7) is 4.42. The highest BCUT2D eigenvalue weighted by Gasteiger charge is 2.10. The van der Waals surface area contributed by atoms with E-state index in [0.717, 1.165) is 25.3 Å². The molecule has 1 radical (unpaired) electrons. The molecule has 0 atom stereocenters. The van der Waals surface area contributed by atoms with E-state index in [0.29, 0.717) is 0 Å². The second-order valence-corrected chi connectivity index (χ2v) is 3.83. The lowest BCUT2D eigenvalue weighted by Crippen LogP contribution is -2.23. The predicted molar refractivity (Wildman–Crippen MR) is 57.8 cm³/mol. The van der Waals surface area contributed by atoms with Gasteiger partial charge in [0, 0.05) is 6.54 Å². The van der Waals surface area contributed by atoms with Gasteiger partial charge in [0.05, 0.1) is 0 Å². The average molecular weight is 192 g/mol. The monoisotopic (exact) mass is 192 g/mol. The third kappa shape index (κ3) is 2.88. The molecule has 0 aromatic heterocycles. The van der Waals surface area contributed by atoms with Crippen LogP contribution in [0.3, 0.4) is 0 Å². The zero-order valence-electron chi connectivity index (χ0n) is 8.61. The molecule has 2 rings (SSSR count). The zero-order valence-corrected chi connectivity index (χ0v) is 8.61. The fourth-order valence-electron chi connectivity index (χ4n) is 1.90. The van der Waals surface area contributed by atoms with Gasteiger partial charge in [0.25, 0.3) is 0 Å². The SMILES string of the molecule is [CH]1C=CC(OCCN2CCCC2)=CC1. The van der Waals surface area contributed by atoms with Crippen molar-refractivity contribution >= 4 is 0 Å². The number of hydrogen-bond acceptors (Lipinski definition) is 2. The van der Waals surface area contributed by atoms with E-state index in [2.05, 4.69) is 23.5 Å². The molecule has 1 aliphatic carbocycles. The molecule has 0 aromatic carbocycles. The molecule has 0 N–H and O–H groups in total. The first kappa shape index (κ1) is 9.78. The summed E-state index contributed by atoms with van der Waals surface area (Å²) in [5.74, 6) is 1.03. The van der Waals surface area contributed by atoms with Gasteiger partial charge in [-0.3, -0.25) is 4.90 Å². The standard InChI is InChI=1S/C12H18NO/c1-2-6-12(7-3-1)14-11-10-13-8-4-5-9-13/h1-2,6-7H,3-5,8-11H2. The molecule has 0 bridgehead atoms. The van der Waals surface area contributed by atoms with E-state index >= 15 is 0 Å². The third-order valence-corrected chi connectivity index (χ3v) is 2.73. The van der Waals surface area contributed by atoms with Crippen LogP contribution in [0, 0.1) is 6.42 Å². The Morgan fingerprint density at radius 2 is 2.14 bits per heavy atom. The number of ether oxygens (including phenoxy) is 1. The lowest BCUT2D eigenvalue weighted by Gasteiger charge is -2.16. The van der Waals surface area contributed by atoms with E-state index in [1.807, 2.05) is 6.08 Å². The molecular formula is C12H18NO. The van der Waals surface area contributed by atoms with Gasteiger partial charge in [-0.25, -0.2) is 0 Å². The fraction of sp³-hybridized carbons (Fsp3) is 0.583. The van der Waals surface area contributed by atoms with E-state index in [1.165, 1.54) is 25.9 Å². The Hall–Kier alpha value is -0.760. The first-order chi connectivity index (χ1) is 6.95. The predicted octanol–water partition coefficient (Wildman–Crippen LogP) is 2.15. The number of allylic oxidation sites excluding steroid dienone is 3. The van der Waals surface area contributed by atoms with Crippen LogP contribution in [0.2, 0.25) is 0 Å². The lowest BCUT2D eigenvalue weighted by atomic mass is 10.2. The van der Waals surface area contributed by atoms with Crippen LogP contribution in [-0.2, 0) is 4.74 Å². The van der Waals surface area contributed by atoms with E-state index < -0.39 is 0 Å². The normalized spacial score (nSPS) is 22.4. The van der Waals surface area contributed by atoms with E-state index in [-0.39, 0.29) is 0 Å². The van der Waals surface area contributed by atoms with E-state index in [4.69, 9.17) is 4.74 Å². The van der Waals surface area contributed by atoms with Gasteiger partial charge in [0.15, 0.2) is 0 Å².